The molecule has 0 unspecified atom stereocenters. The molecule has 0 heterocycles. The lowest BCUT2D eigenvalue weighted by molar-refractivity contribution is 0.396. The molecule has 1 rings (SSSR count). The number of sulfonamides is 1. The number of hydrogen-bond acceptors (Lipinski definition) is 5. The van der Waals surface area contributed by atoms with E-state index in [1.54, 1.807) is 12.1 Å². The number of rotatable bonds is 8. The van der Waals surface area contributed by atoms with E-state index in [4.69, 9.17) is 5.73 Å². The molecule has 120 valence electrons. The maximum absolute atomic E-state index is 12.0. The summed E-state index contributed by atoms with van der Waals surface area (Å²) < 4.78 is 25.2. The summed E-state index contributed by atoms with van der Waals surface area (Å²) in [5, 5.41) is 3.24. The number of nitrogen functional groups attached to an aromatic ring is 1. The molecule has 0 fully saturated rings. The molecule has 0 radical (unpaired) electrons. The van der Waals surface area contributed by atoms with Gasteiger partial charge in [-0.3, -0.25) is 0 Å². The molecule has 7 heteroatoms. The lowest BCUT2D eigenvalue weighted by atomic mass is 10.2. The number of anilines is 2. The molecule has 6 nitrogen and oxygen atoms in total. The van der Waals surface area contributed by atoms with E-state index in [2.05, 4.69) is 24.3 Å². The Bertz CT molecular complexity index is 556. The smallest absolute Gasteiger partial charge is 0.242 e. The van der Waals surface area contributed by atoms with Crippen LogP contribution in [-0.2, 0) is 10.0 Å². The first-order valence-electron chi connectivity index (χ1n) is 6.96. The molecule has 1 aromatic rings. The lowest BCUT2D eigenvalue weighted by Crippen LogP contribution is -2.22. The van der Waals surface area contributed by atoms with Gasteiger partial charge in [0.25, 0.3) is 0 Å². The summed E-state index contributed by atoms with van der Waals surface area (Å²) in [4.78, 5) is 2.36. The van der Waals surface area contributed by atoms with Crippen LogP contribution >= 0.6 is 0 Å². The third kappa shape index (κ3) is 5.18. The largest absolute Gasteiger partial charge is 0.397 e. The fraction of sp³-hybridized carbons (Fsp3) is 0.571. The molecule has 3 N–H and O–H groups in total. The minimum atomic E-state index is -3.43. The normalized spacial score (nSPS) is 12.1. The molecule has 0 aliphatic carbocycles. The van der Waals surface area contributed by atoms with Crippen LogP contribution in [0.15, 0.2) is 23.1 Å². The number of hydrogen-bond donors (Lipinski definition) is 2. The van der Waals surface area contributed by atoms with Gasteiger partial charge in [0, 0.05) is 20.6 Å². The Hall–Kier alpha value is -1.31. The van der Waals surface area contributed by atoms with Crippen molar-refractivity contribution in [2.45, 2.75) is 17.7 Å². The van der Waals surface area contributed by atoms with Gasteiger partial charge >= 0.3 is 0 Å². The summed E-state index contributed by atoms with van der Waals surface area (Å²) in [7, 11) is 3.67. The van der Waals surface area contributed by atoms with Crippen molar-refractivity contribution >= 4 is 21.4 Å². The van der Waals surface area contributed by atoms with Crippen LogP contribution in [0.4, 0.5) is 11.4 Å². The van der Waals surface area contributed by atoms with Gasteiger partial charge < -0.3 is 16.0 Å². The van der Waals surface area contributed by atoms with Gasteiger partial charge in [-0.05, 0) is 51.7 Å². The number of nitrogens with two attached hydrogens (primary N) is 1. The summed E-state index contributed by atoms with van der Waals surface area (Å²) >= 11 is 0. The molecule has 1 aromatic carbocycles. The van der Waals surface area contributed by atoms with E-state index in [0.29, 0.717) is 5.69 Å². The summed E-state index contributed by atoms with van der Waals surface area (Å²) in [5.41, 5.74) is 7.15. The molecule has 0 aliphatic heterocycles. The number of unbranched alkanes of at least 4 members (excludes halogenated alkanes) is 1. The van der Waals surface area contributed by atoms with E-state index >= 15 is 0 Å². The zero-order chi connectivity index (χ0) is 16.0. The van der Waals surface area contributed by atoms with Crippen molar-refractivity contribution in [1.82, 2.24) is 9.21 Å². The highest BCUT2D eigenvalue weighted by Crippen LogP contribution is 2.23. The Morgan fingerprint density at radius 3 is 2.33 bits per heavy atom. The Balaban J connectivity index is 2.63. The second-order valence-electron chi connectivity index (χ2n) is 5.47. The standard InChI is InChI=1S/C14H26N4O2S/c1-17(2)10-6-5-9-16-14-8-7-12(11-13(14)15)21(19,20)18(3)4/h7-8,11,16H,5-6,9-10,15H2,1-4H3. The van der Waals surface area contributed by atoms with E-state index in [1.807, 2.05) is 0 Å². The highest BCUT2D eigenvalue weighted by atomic mass is 32.2. The van der Waals surface area contributed by atoms with Crippen molar-refractivity contribution in [3.63, 3.8) is 0 Å². The van der Waals surface area contributed by atoms with Crippen LogP contribution in [0, 0.1) is 0 Å². The molecule has 0 bridgehead atoms. The molecule has 0 saturated carbocycles. The van der Waals surface area contributed by atoms with Crippen LogP contribution in [0.1, 0.15) is 12.8 Å². The maximum Gasteiger partial charge on any atom is 0.242 e. The van der Waals surface area contributed by atoms with Crippen LogP contribution in [0.2, 0.25) is 0 Å². The summed E-state index contributed by atoms with van der Waals surface area (Å²) in [6.07, 6.45) is 2.14. The van der Waals surface area contributed by atoms with Crippen molar-refractivity contribution in [3.05, 3.63) is 18.2 Å². The lowest BCUT2D eigenvalue weighted by Gasteiger charge is -2.14. The first-order valence-corrected chi connectivity index (χ1v) is 8.40. The molecule has 0 saturated heterocycles. The topological polar surface area (TPSA) is 78.7 Å². The van der Waals surface area contributed by atoms with Crippen molar-refractivity contribution in [2.75, 3.05) is 52.3 Å². The molecule has 0 spiro atoms. The Morgan fingerprint density at radius 2 is 1.81 bits per heavy atom. The minimum absolute atomic E-state index is 0.211. The van der Waals surface area contributed by atoms with E-state index in [0.717, 1.165) is 31.6 Å². The van der Waals surface area contributed by atoms with Gasteiger partial charge in [0.2, 0.25) is 10.0 Å². The first kappa shape index (κ1) is 17.7. The quantitative estimate of drug-likeness (QED) is 0.558. The zero-order valence-electron chi connectivity index (χ0n) is 13.3. The molecular weight excluding hydrogens is 288 g/mol. The van der Waals surface area contributed by atoms with Crippen LogP contribution < -0.4 is 11.1 Å². The molecule has 0 aromatic heterocycles. The van der Waals surface area contributed by atoms with Crippen LogP contribution in [-0.4, -0.2) is 58.9 Å². The molecule has 0 aliphatic rings. The second-order valence-corrected chi connectivity index (χ2v) is 7.63. The van der Waals surface area contributed by atoms with E-state index in [9.17, 15) is 8.42 Å². The highest BCUT2D eigenvalue weighted by molar-refractivity contribution is 7.89. The fourth-order valence-electron chi connectivity index (χ4n) is 1.85. The van der Waals surface area contributed by atoms with Crippen molar-refractivity contribution in [1.29, 1.82) is 0 Å². The number of benzene rings is 1. The number of nitrogens with zero attached hydrogens (tertiary/aromatic N) is 2. The molecular formula is C14H26N4O2S. The van der Waals surface area contributed by atoms with Gasteiger partial charge in [-0.15, -0.1) is 0 Å². The van der Waals surface area contributed by atoms with Gasteiger partial charge in [0.1, 0.15) is 0 Å². The van der Waals surface area contributed by atoms with Crippen molar-refractivity contribution < 1.29 is 8.42 Å². The Labute approximate surface area is 128 Å². The third-order valence-corrected chi connectivity index (χ3v) is 4.96. The highest BCUT2D eigenvalue weighted by Gasteiger charge is 2.17. The van der Waals surface area contributed by atoms with E-state index < -0.39 is 10.0 Å². The van der Waals surface area contributed by atoms with Crippen molar-refractivity contribution in [3.8, 4) is 0 Å². The SMILES string of the molecule is CN(C)CCCCNc1ccc(S(=O)(=O)N(C)C)cc1N. The summed E-state index contributed by atoms with van der Waals surface area (Å²) in [6, 6.07) is 4.79. The summed E-state index contributed by atoms with van der Waals surface area (Å²) in [6.45, 7) is 1.87. The van der Waals surface area contributed by atoms with Crippen LogP contribution in [0.5, 0.6) is 0 Å². The van der Waals surface area contributed by atoms with E-state index in [1.165, 1.54) is 24.5 Å². The molecule has 0 atom stereocenters. The predicted octanol–water partition coefficient (Wildman–Crippen LogP) is 1.27. The van der Waals surface area contributed by atoms with Gasteiger partial charge in [-0.25, -0.2) is 12.7 Å². The average Bonchev–Trinajstić information content (AvgIpc) is 2.39. The van der Waals surface area contributed by atoms with Gasteiger partial charge in [-0.1, -0.05) is 0 Å². The average molecular weight is 314 g/mol. The number of nitrogens with one attached hydrogen (secondary N) is 1. The molecule has 0 amide bonds. The van der Waals surface area contributed by atoms with Gasteiger partial charge in [0.15, 0.2) is 0 Å². The minimum Gasteiger partial charge on any atom is -0.397 e. The summed E-state index contributed by atoms with van der Waals surface area (Å²) in [5.74, 6) is 0. The zero-order valence-corrected chi connectivity index (χ0v) is 14.1. The van der Waals surface area contributed by atoms with Crippen LogP contribution in [0.3, 0.4) is 0 Å². The fourth-order valence-corrected chi connectivity index (χ4v) is 2.79. The second kappa shape index (κ2) is 7.63. The van der Waals surface area contributed by atoms with Gasteiger partial charge in [0.05, 0.1) is 16.3 Å². The maximum atomic E-state index is 12.0. The third-order valence-electron chi connectivity index (χ3n) is 3.15. The Morgan fingerprint density at radius 1 is 1.14 bits per heavy atom. The Kier molecular flexibility index (Phi) is 6.44. The monoisotopic (exact) mass is 314 g/mol. The van der Waals surface area contributed by atoms with Crippen LogP contribution in [0.25, 0.3) is 0 Å². The predicted molar refractivity (Wildman–Crippen MR) is 88.0 cm³/mol. The first-order chi connectivity index (χ1) is 9.75. The van der Waals surface area contributed by atoms with Gasteiger partial charge in [-0.2, -0.15) is 0 Å². The molecule has 21 heavy (non-hydrogen) atoms. The van der Waals surface area contributed by atoms with Crippen molar-refractivity contribution in [2.24, 2.45) is 0 Å². The van der Waals surface area contributed by atoms with E-state index in [-0.39, 0.29) is 4.90 Å².